The predicted molar refractivity (Wildman–Crippen MR) is 104 cm³/mol. The van der Waals surface area contributed by atoms with Gasteiger partial charge in [-0.25, -0.2) is 13.1 Å². The molecule has 26 heavy (non-hydrogen) atoms. The summed E-state index contributed by atoms with van der Waals surface area (Å²) in [5, 5.41) is 3.21. The Balaban J connectivity index is 1.78. The number of sulfonamides is 1. The van der Waals surface area contributed by atoms with E-state index >= 15 is 0 Å². The van der Waals surface area contributed by atoms with E-state index in [-0.39, 0.29) is 11.4 Å². The molecule has 2 rings (SSSR count). The van der Waals surface area contributed by atoms with Gasteiger partial charge in [-0.15, -0.1) is 0 Å². The average molecular weight is 383 g/mol. The maximum Gasteiger partial charge on any atom is 0.242 e. The molecule has 1 atom stereocenters. The van der Waals surface area contributed by atoms with E-state index in [1.807, 2.05) is 7.05 Å². The first-order chi connectivity index (χ1) is 12.5. The Morgan fingerprint density at radius 1 is 1.46 bits per heavy atom. The number of nitrogens with zero attached hydrogens (tertiary/aromatic N) is 4. The number of aliphatic imine (C=N–C) groups is 1. The Bertz CT molecular complexity index is 680. The van der Waals surface area contributed by atoms with Gasteiger partial charge in [0.15, 0.2) is 5.96 Å². The first-order valence-corrected chi connectivity index (χ1v) is 10.5. The minimum Gasteiger partial charge on any atom is -0.355 e. The molecule has 0 aromatic carbocycles. The van der Waals surface area contributed by atoms with Crippen LogP contribution in [0.15, 0.2) is 34.4 Å². The third-order valence-corrected chi connectivity index (χ3v) is 6.05. The second kappa shape index (κ2) is 9.84. The van der Waals surface area contributed by atoms with Gasteiger partial charge < -0.3 is 10.2 Å². The molecule has 0 spiro atoms. The minimum atomic E-state index is -3.53. The molecule has 0 aliphatic carbocycles. The van der Waals surface area contributed by atoms with Crippen LogP contribution in [-0.4, -0.2) is 82.0 Å². The standard InChI is InChI=1S/C17H30N6O2S/c1-4-23-12-6-7-15(23)14-22(3)17(18-2)20-10-11-21-26(24,25)16-8-5-9-19-13-16/h5,8-9,13,15,21H,4,6-7,10-12,14H2,1-3H3,(H,18,20). The second-order valence-corrected chi connectivity index (χ2v) is 8.13. The summed E-state index contributed by atoms with van der Waals surface area (Å²) >= 11 is 0. The minimum absolute atomic E-state index is 0.169. The van der Waals surface area contributed by atoms with Gasteiger partial charge in [0, 0.05) is 52.2 Å². The Labute approximate surface area is 156 Å². The van der Waals surface area contributed by atoms with E-state index in [1.165, 1.54) is 25.1 Å². The molecule has 1 unspecified atom stereocenters. The van der Waals surface area contributed by atoms with Crippen LogP contribution in [0.25, 0.3) is 0 Å². The van der Waals surface area contributed by atoms with Gasteiger partial charge in [-0.1, -0.05) is 6.92 Å². The Hall–Kier alpha value is -1.71. The molecule has 0 saturated carbocycles. The van der Waals surface area contributed by atoms with E-state index in [2.05, 4.69) is 36.7 Å². The lowest BCUT2D eigenvalue weighted by molar-refractivity contribution is 0.233. The van der Waals surface area contributed by atoms with Gasteiger partial charge in [-0.2, -0.15) is 0 Å². The lowest BCUT2D eigenvalue weighted by Gasteiger charge is -2.29. The van der Waals surface area contributed by atoms with Crippen molar-refractivity contribution in [2.45, 2.75) is 30.7 Å². The quantitative estimate of drug-likeness (QED) is 0.383. The van der Waals surface area contributed by atoms with Gasteiger partial charge in [-0.3, -0.25) is 14.9 Å². The summed E-state index contributed by atoms with van der Waals surface area (Å²) in [5.41, 5.74) is 0. The van der Waals surface area contributed by atoms with Crippen LogP contribution in [0.3, 0.4) is 0 Å². The SMILES string of the molecule is CCN1CCCC1CN(C)C(=NC)NCCNS(=O)(=O)c1cccnc1. The molecule has 1 aliphatic heterocycles. The molecule has 8 nitrogen and oxygen atoms in total. The van der Waals surface area contributed by atoms with Crippen LogP contribution in [0, 0.1) is 0 Å². The van der Waals surface area contributed by atoms with Crippen molar-refractivity contribution in [1.29, 1.82) is 0 Å². The van der Waals surface area contributed by atoms with E-state index in [4.69, 9.17) is 0 Å². The van der Waals surface area contributed by atoms with E-state index in [0.29, 0.717) is 12.6 Å². The molecule has 9 heteroatoms. The molecule has 0 radical (unpaired) electrons. The molecule has 1 aromatic heterocycles. The third kappa shape index (κ3) is 5.65. The molecular weight excluding hydrogens is 352 g/mol. The first-order valence-electron chi connectivity index (χ1n) is 9.03. The zero-order valence-electron chi connectivity index (χ0n) is 15.9. The number of hydrogen-bond acceptors (Lipinski definition) is 5. The zero-order chi connectivity index (χ0) is 19.0. The van der Waals surface area contributed by atoms with Crippen LogP contribution < -0.4 is 10.0 Å². The summed E-state index contributed by atoms with van der Waals surface area (Å²) in [7, 11) is 0.229. The fourth-order valence-electron chi connectivity index (χ4n) is 3.25. The van der Waals surface area contributed by atoms with Gasteiger partial charge in [0.25, 0.3) is 0 Å². The van der Waals surface area contributed by atoms with Crippen molar-refractivity contribution < 1.29 is 8.42 Å². The van der Waals surface area contributed by atoms with E-state index < -0.39 is 10.0 Å². The van der Waals surface area contributed by atoms with Crippen molar-refractivity contribution in [2.24, 2.45) is 4.99 Å². The van der Waals surface area contributed by atoms with Gasteiger partial charge in [0.2, 0.25) is 10.0 Å². The van der Waals surface area contributed by atoms with Crippen LogP contribution in [0.2, 0.25) is 0 Å². The molecular formula is C17H30N6O2S. The van der Waals surface area contributed by atoms with Gasteiger partial charge in [0.05, 0.1) is 0 Å². The smallest absolute Gasteiger partial charge is 0.242 e. The fraction of sp³-hybridized carbons (Fsp3) is 0.647. The molecule has 1 aliphatic rings. The Kier molecular flexibility index (Phi) is 7.80. The van der Waals surface area contributed by atoms with Crippen LogP contribution in [0.1, 0.15) is 19.8 Å². The maximum atomic E-state index is 12.2. The summed E-state index contributed by atoms with van der Waals surface area (Å²) in [6, 6.07) is 3.68. The van der Waals surface area contributed by atoms with Crippen LogP contribution in [0.4, 0.5) is 0 Å². The lowest BCUT2D eigenvalue weighted by Crippen LogP contribution is -2.47. The largest absolute Gasteiger partial charge is 0.355 e. The van der Waals surface area contributed by atoms with Crippen molar-refractivity contribution in [1.82, 2.24) is 24.8 Å². The average Bonchev–Trinajstić information content (AvgIpc) is 3.09. The van der Waals surface area contributed by atoms with Crippen molar-refractivity contribution in [3.63, 3.8) is 0 Å². The van der Waals surface area contributed by atoms with Crippen LogP contribution >= 0.6 is 0 Å². The maximum absolute atomic E-state index is 12.2. The molecule has 146 valence electrons. The molecule has 2 heterocycles. The van der Waals surface area contributed by atoms with E-state index in [9.17, 15) is 8.42 Å². The highest BCUT2D eigenvalue weighted by Gasteiger charge is 2.24. The molecule has 1 saturated heterocycles. The normalized spacial score (nSPS) is 18.9. The summed E-state index contributed by atoms with van der Waals surface area (Å²) in [6.07, 6.45) is 5.34. The van der Waals surface area contributed by atoms with Crippen LogP contribution in [0.5, 0.6) is 0 Å². The van der Waals surface area contributed by atoms with Gasteiger partial charge in [-0.05, 0) is 38.1 Å². The Morgan fingerprint density at radius 2 is 2.27 bits per heavy atom. The van der Waals surface area contributed by atoms with E-state index in [1.54, 1.807) is 19.3 Å². The number of nitrogens with one attached hydrogen (secondary N) is 2. The summed E-state index contributed by atoms with van der Waals surface area (Å²) in [6.45, 7) is 6.07. The number of likely N-dealkylation sites (tertiary alicyclic amines) is 1. The summed E-state index contributed by atoms with van der Waals surface area (Å²) < 4.78 is 26.9. The third-order valence-electron chi connectivity index (χ3n) is 4.61. The lowest BCUT2D eigenvalue weighted by atomic mass is 10.2. The molecule has 1 fully saturated rings. The molecule has 0 bridgehead atoms. The number of aromatic nitrogens is 1. The number of rotatable bonds is 8. The highest BCUT2D eigenvalue weighted by atomic mass is 32.2. The number of likely N-dealkylation sites (N-methyl/N-ethyl adjacent to an activating group) is 2. The van der Waals surface area contributed by atoms with Crippen molar-refractivity contribution >= 4 is 16.0 Å². The number of pyridine rings is 1. The van der Waals surface area contributed by atoms with Gasteiger partial charge in [0.1, 0.15) is 4.90 Å². The topological polar surface area (TPSA) is 89.9 Å². The van der Waals surface area contributed by atoms with Gasteiger partial charge >= 0.3 is 0 Å². The van der Waals surface area contributed by atoms with Crippen molar-refractivity contribution in [2.75, 3.05) is 46.8 Å². The highest BCUT2D eigenvalue weighted by Crippen LogP contribution is 2.17. The number of guanidine groups is 1. The van der Waals surface area contributed by atoms with Crippen LogP contribution in [-0.2, 0) is 10.0 Å². The Morgan fingerprint density at radius 3 is 2.92 bits per heavy atom. The summed E-state index contributed by atoms with van der Waals surface area (Å²) in [5.74, 6) is 0.772. The number of hydrogen-bond donors (Lipinski definition) is 2. The molecule has 0 amide bonds. The molecule has 2 N–H and O–H groups in total. The monoisotopic (exact) mass is 382 g/mol. The summed E-state index contributed by atoms with van der Waals surface area (Å²) in [4.78, 5) is 12.9. The van der Waals surface area contributed by atoms with Crippen molar-refractivity contribution in [3.05, 3.63) is 24.5 Å². The zero-order valence-corrected chi connectivity index (χ0v) is 16.7. The molecule has 1 aromatic rings. The van der Waals surface area contributed by atoms with E-state index in [0.717, 1.165) is 25.6 Å². The predicted octanol–water partition coefficient (Wildman–Crippen LogP) is 0.351. The highest BCUT2D eigenvalue weighted by molar-refractivity contribution is 7.89. The first kappa shape index (κ1) is 20.6. The second-order valence-electron chi connectivity index (χ2n) is 6.37. The fourth-order valence-corrected chi connectivity index (χ4v) is 4.25. The van der Waals surface area contributed by atoms with Crippen molar-refractivity contribution in [3.8, 4) is 0 Å².